The van der Waals surface area contributed by atoms with Gasteiger partial charge in [-0.2, -0.15) is 0 Å². The summed E-state index contributed by atoms with van der Waals surface area (Å²) in [6.07, 6.45) is 1.02. The minimum atomic E-state index is -0.0789. The van der Waals surface area contributed by atoms with Crippen molar-refractivity contribution < 1.29 is 4.79 Å². The van der Waals surface area contributed by atoms with Gasteiger partial charge in [0.2, 0.25) is 5.91 Å². The summed E-state index contributed by atoms with van der Waals surface area (Å²) < 4.78 is 1.12. The molecule has 1 aromatic heterocycles. The van der Waals surface area contributed by atoms with Crippen LogP contribution in [0.4, 0.5) is 5.13 Å². The van der Waals surface area contributed by atoms with Gasteiger partial charge in [0.05, 0.1) is 10.2 Å². The van der Waals surface area contributed by atoms with E-state index in [1.54, 1.807) is 0 Å². The molecule has 0 aliphatic heterocycles. The largest absolute Gasteiger partial charge is 0.302 e. The lowest BCUT2D eigenvalue weighted by molar-refractivity contribution is -0.114. The SMILES string of the molecule is CCc1ccc2nc(NC(C)=O)sc2c1. The zero-order chi connectivity index (χ0) is 10.8. The van der Waals surface area contributed by atoms with E-state index in [4.69, 9.17) is 0 Å². The third-order valence-electron chi connectivity index (χ3n) is 2.14. The van der Waals surface area contributed by atoms with E-state index in [2.05, 4.69) is 29.4 Å². The predicted octanol–water partition coefficient (Wildman–Crippen LogP) is 2.82. The molecule has 0 bridgehead atoms. The standard InChI is InChI=1S/C11H12N2OS/c1-3-8-4-5-9-10(6-8)15-11(13-9)12-7(2)14/h4-6H,3H2,1-2H3,(H,12,13,14). The monoisotopic (exact) mass is 220 g/mol. The first-order chi connectivity index (χ1) is 7.19. The summed E-state index contributed by atoms with van der Waals surface area (Å²) in [6, 6.07) is 6.19. The van der Waals surface area contributed by atoms with Gasteiger partial charge in [-0.1, -0.05) is 24.3 Å². The van der Waals surface area contributed by atoms with Crippen molar-refractivity contribution >= 4 is 32.6 Å². The first-order valence-corrected chi connectivity index (χ1v) is 5.67. The highest BCUT2D eigenvalue weighted by Crippen LogP contribution is 2.26. The van der Waals surface area contributed by atoms with E-state index in [1.165, 1.54) is 23.8 Å². The lowest BCUT2D eigenvalue weighted by Gasteiger charge is -1.93. The maximum Gasteiger partial charge on any atom is 0.223 e. The normalized spacial score (nSPS) is 10.5. The summed E-state index contributed by atoms with van der Waals surface area (Å²) in [5.41, 5.74) is 2.24. The molecule has 1 heterocycles. The molecule has 0 spiro atoms. The fourth-order valence-corrected chi connectivity index (χ4v) is 2.37. The zero-order valence-electron chi connectivity index (χ0n) is 8.70. The molecule has 78 valence electrons. The lowest BCUT2D eigenvalue weighted by atomic mass is 10.2. The Balaban J connectivity index is 2.42. The quantitative estimate of drug-likeness (QED) is 0.845. The number of hydrogen-bond donors (Lipinski definition) is 1. The predicted molar refractivity (Wildman–Crippen MR) is 63.3 cm³/mol. The van der Waals surface area contributed by atoms with Gasteiger partial charge < -0.3 is 5.32 Å². The summed E-state index contributed by atoms with van der Waals surface area (Å²) in [5.74, 6) is -0.0789. The van der Waals surface area contributed by atoms with E-state index in [0.29, 0.717) is 5.13 Å². The van der Waals surface area contributed by atoms with Gasteiger partial charge in [0, 0.05) is 6.92 Å². The smallest absolute Gasteiger partial charge is 0.223 e. The minimum absolute atomic E-state index is 0.0789. The van der Waals surface area contributed by atoms with Crippen molar-refractivity contribution in [2.45, 2.75) is 20.3 Å². The van der Waals surface area contributed by atoms with Crippen LogP contribution in [0.5, 0.6) is 0 Å². The number of amides is 1. The molecule has 2 rings (SSSR count). The van der Waals surface area contributed by atoms with Gasteiger partial charge >= 0.3 is 0 Å². The number of nitrogens with zero attached hydrogens (tertiary/aromatic N) is 1. The van der Waals surface area contributed by atoms with Crippen molar-refractivity contribution in [1.29, 1.82) is 0 Å². The van der Waals surface area contributed by atoms with E-state index in [0.717, 1.165) is 16.6 Å². The van der Waals surface area contributed by atoms with E-state index >= 15 is 0 Å². The molecule has 4 heteroatoms. The Morgan fingerprint density at radius 3 is 3.00 bits per heavy atom. The topological polar surface area (TPSA) is 42.0 Å². The number of carbonyl (C=O) groups is 1. The third-order valence-corrected chi connectivity index (χ3v) is 3.08. The number of aryl methyl sites for hydroxylation is 1. The molecule has 3 nitrogen and oxygen atoms in total. The van der Waals surface area contributed by atoms with Crippen LogP contribution in [-0.2, 0) is 11.2 Å². The molecule has 0 unspecified atom stereocenters. The number of rotatable bonds is 2. The molecule has 0 saturated carbocycles. The zero-order valence-corrected chi connectivity index (χ0v) is 9.52. The first-order valence-electron chi connectivity index (χ1n) is 4.86. The second-order valence-electron chi connectivity index (χ2n) is 3.36. The highest BCUT2D eigenvalue weighted by Gasteiger charge is 2.04. The fraction of sp³-hybridized carbons (Fsp3) is 0.273. The number of nitrogens with one attached hydrogen (secondary N) is 1. The Labute approximate surface area is 92.1 Å². The molecular formula is C11H12N2OS. The van der Waals surface area contributed by atoms with Gasteiger partial charge in [0.1, 0.15) is 0 Å². The molecule has 0 saturated heterocycles. The summed E-state index contributed by atoms with van der Waals surface area (Å²) in [6.45, 7) is 3.61. The number of benzene rings is 1. The molecule has 0 atom stereocenters. The Bertz CT molecular complexity index is 504. The van der Waals surface area contributed by atoms with E-state index < -0.39 is 0 Å². The molecule has 0 aliphatic carbocycles. The Morgan fingerprint density at radius 2 is 2.33 bits per heavy atom. The molecule has 0 aliphatic rings. The van der Waals surface area contributed by atoms with Crippen LogP contribution in [-0.4, -0.2) is 10.9 Å². The summed E-state index contributed by atoms with van der Waals surface area (Å²) >= 11 is 1.51. The van der Waals surface area contributed by atoms with Crippen molar-refractivity contribution in [2.75, 3.05) is 5.32 Å². The van der Waals surface area contributed by atoms with E-state index in [9.17, 15) is 4.79 Å². The van der Waals surface area contributed by atoms with Crippen molar-refractivity contribution in [2.24, 2.45) is 0 Å². The Hall–Kier alpha value is -1.42. The number of thiazole rings is 1. The summed E-state index contributed by atoms with van der Waals surface area (Å²) in [7, 11) is 0. The Kier molecular flexibility index (Phi) is 2.68. The van der Waals surface area contributed by atoms with Crippen LogP contribution in [0.2, 0.25) is 0 Å². The molecule has 0 fully saturated rings. The van der Waals surface area contributed by atoms with Gasteiger partial charge in [0.15, 0.2) is 5.13 Å². The van der Waals surface area contributed by atoms with Gasteiger partial charge in [-0.25, -0.2) is 4.98 Å². The first kappa shape index (κ1) is 10.1. The van der Waals surface area contributed by atoms with Gasteiger partial charge in [-0.3, -0.25) is 4.79 Å². The third kappa shape index (κ3) is 2.15. The van der Waals surface area contributed by atoms with Gasteiger partial charge in [0.25, 0.3) is 0 Å². The second-order valence-corrected chi connectivity index (χ2v) is 4.39. The molecule has 15 heavy (non-hydrogen) atoms. The molecule has 1 amide bonds. The van der Waals surface area contributed by atoms with Crippen LogP contribution in [0.3, 0.4) is 0 Å². The van der Waals surface area contributed by atoms with Crippen molar-refractivity contribution in [3.05, 3.63) is 23.8 Å². The van der Waals surface area contributed by atoms with E-state index in [1.807, 2.05) is 6.07 Å². The van der Waals surface area contributed by atoms with Gasteiger partial charge in [-0.05, 0) is 24.1 Å². The van der Waals surface area contributed by atoms with Crippen molar-refractivity contribution in [3.8, 4) is 0 Å². The fourth-order valence-electron chi connectivity index (χ4n) is 1.39. The number of aromatic nitrogens is 1. The van der Waals surface area contributed by atoms with Gasteiger partial charge in [-0.15, -0.1) is 0 Å². The summed E-state index contributed by atoms with van der Waals surface area (Å²) in [4.78, 5) is 15.2. The minimum Gasteiger partial charge on any atom is -0.302 e. The number of fused-ring (bicyclic) bond motifs is 1. The van der Waals surface area contributed by atoms with Crippen LogP contribution < -0.4 is 5.32 Å². The Morgan fingerprint density at radius 1 is 1.53 bits per heavy atom. The van der Waals surface area contributed by atoms with Crippen LogP contribution >= 0.6 is 11.3 Å². The summed E-state index contributed by atoms with van der Waals surface area (Å²) in [5, 5.41) is 3.37. The highest BCUT2D eigenvalue weighted by molar-refractivity contribution is 7.22. The molecule has 0 radical (unpaired) electrons. The number of carbonyl (C=O) groups excluding carboxylic acids is 1. The molecule has 2 aromatic rings. The number of hydrogen-bond acceptors (Lipinski definition) is 3. The second kappa shape index (κ2) is 3.98. The maximum atomic E-state index is 10.9. The van der Waals surface area contributed by atoms with Crippen LogP contribution in [0, 0.1) is 0 Å². The average molecular weight is 220 g/mol. The molecule has 1 N–H and O–H groups in total. The lowest BCUT2D eigenvalue weighted by Crippen LogP contribution is -2.04. The molecule has 1 aromatic carbocycles. The van der Waals surface area contributed by atoms with Crippen molar-refractivity contribution in [1.82, 2.24) is 4.98 Å². The maximum absolute atomic E-state index is 10.9. The van der Waals surface area contributed by atoms with Crippen LogP contribution in [0.25, 0.3) is 10.2 Å². The van der Waals surface area contributed by atoms with Crippen LogP contribution in [0.1, 0.15) is 19.4 Å². The highest BCUT2D eigenvalue weighted by atomic mass is 32.1. The molecular weight excluding hydrogens is 208 g/mol. The van der Waals surface area contributed by atoms with Crippen LogP contribution in [0.15, 0.2) is 18.2 Å². The number of anilines is 1. The van der Waals surface area contributed by atoms with Crippen molar-refractivity contribution in [3.63, 3.8) is 0 Å². The average Bonchev–Trinajstić information content (AvgIpc) is 2.57. The van der Waals surface area contributed by atoms with E-state index in [-0.39, 0.29) is 5.91 Å².